The van der Waals surface area contributed by atoms with Crippen molar-refractivity contribution >= 4 is 0 Å². The average molecular weight is 393 g/mol. The van der Waals surface area contributed by atoms with Crippen molar-refractivity contribution in [2.45, 2.75) is 69.9 Å². The Morgan fingerprint density at radius 1 is 1.14 bits per heavy atom. The fraction of sp³-hybridized carbons (Fsp3) is 0.538. The maximum Gasteiger partial charge on any atom is 0.115 e. The van der Waals surface area contributed by atoms with E-state index in [4.69, 9.17) is 0 Å². The van der Waals surface area contributed by atoms with Gasteiger partial charge in [-0.1, -0.05) is 58.0 Å². The van der Waals surface area contributed by atoms with Crippen LogP contribution in [0.3, 0.4) is 0 Å². The molecule has 0 amide bonds. The zero-order valence-corrected chi connectivity index (χ0v) is 18.6. The van der Waals surface area contributed by atoms with Gasteiger partial charge in [0.2, 0.25) is 0 Å². The molecule has 2 N–H and O–H groups in total. The predicted molar refractivity (Wildman–Crippen MR) is 121 cm³/mol. The first-order chi connectivity index (χ1) is 13.7. The smallest absolute Gasteiger partial charge is 0.115 e. The fourth-order valence-electron chi connectivity index (χ4n) is 5.39. The van der Waals surface area contributed by atoms with Gasteiger partial charge >= 0.3 is 0 Å². The first-order valence-electron chi connectivity index (χ1n) is 11.0. The lowest BCUT2D eigenvalue weighted by molar-refractivity contribution is 0.0663. The Balaban J connectivity index is 1.49. The molecule has 2 aromatic carbocycles. The van der Waals surface area contributed by atoms with Crippen LogP contribution in [0.25, 0.3) is 0 Å². The second-order valence-electron chi connectivity index (χ2n) is 10.4. The van der Waals surface area contributed by atoms with E-state index < -0.39 is 0 Å². The van der Waals surface area contributed by atoms with Crippen molar-refractivity contribution in [3.63, 3.8) is 0 Å². The van der Waals surface area contributed by atoms with Gasteiger partial charge in [-0.2, -0.15) is 0 Å². The van der Waals surface area contributed by atoms with Crippen molar-refractivity contribution < 1.29 is 5.11 Å². The fourth-order valence-corrected chi connectivity index (χ4v) is 5.39. The average Bonchev–Trinajstić information content (AvgIpc) is 2.67. The quantitative estimate of drug-likeness (QED) is 0.809. The number of rotatable bonds is 4. The Morgan fingerprint density at radius 2 is 1.86 bits per heavy atom. The molecule has 0 unspecified atom stereocenters. The number of hydrogen-bond acceptors (Lipinski definition) is 3. The van der Waals surface area contributed by atoms with Gasteiger partial charge in [0.1, 0.15) is 5.75 Å². The molecule has 0 aromatic heterocycles. The Bertz CT molecular complexity index is 867. The summed E-state index contributed by atoms with van der Waals surface area (Å²) >= 11 is 0. The summed E-state index contributed by atoms with van der Waals surface area (Å²) < 4.78 is 0. The maximum atomic E-state index is 10.1. The van der Waals surface area contributed by atoms with E-state index in [0.29, 0.717) is 17.8 Å². The first-order valence-corrected chi connectivity index (χ1v) is 11.0. The molecule has 2 bridgehead atoms. The molecule has 3 atom stereocenters. The van der Waals surface area contributed by atoms with Crippen LogP contribution in [0.5, 0.6) is 5.75 Å². The van der Waals surface area contributed by atoms with E-state index in [1.807, 2.05) is 12.1 Å². The lowest BCUT2D eigenvalue weighted by Crippen LogP contribution is -2.66. The summed E-state index contributed by atoms with van der Waals surface area (Å²) in [4.78, 5) is 2.52. The number of hydrogen-bond donors (Lipinski definition) is 2. The minimum atomic E-state index is 0.0690. The third-order valence-electron chi connectivity index (χ3n) is 7.36. The normalized spacial score (nSPS) is 26.9. The van der Waals surface area contributed by atoms with Crippen LogP contribution in [0.2, 0.25) is 0 Å². The van der Waals surface area contributed by atoms with E-state index in [0.717, 1.165) is 32.4 Å². The molecule has 0 spiro atoms. The first kappa shape index (κ1) is 20.4. The highest BCUT2D eigenvalue weighted by Crippen LogP contribution is 2.45. The molecule has 4 rings (SSSR count). The third kappa shape index (κ3) is 3.83. The van der Waals surface area contributed by atoms with Crippen molar-refractivity contribution in [1.29, 1.82) is 0 Å². The molecule has 29 heavy (non-hydrogen) atoms. The van der Waals surface area contributed by atoms with Crippen LogP contribution in [0.4, 0.5) is 0 Å². The van der Waals surface area contributed by atoms with Crippen molar-refractivity contribution in [3.05, 3.63) is 64.7 Å². The second-order valence-corrected chi connectivity index (χ2v) is 10.4. The van der Waals surface area contributed by atoms with Crippen molar-refractivity contribution in [2.24, 2.45) is 0 Å². The molecule has 1 fully saturated rings. The molecule has 1 aliphatic heterocycles. The number of phenols is 1. The molecule has 2 aliphatic rings. The Hall–Kier alpha value is -1.84. The Labute approximate surface area is 176 Å². The van der Waals surface area contributed by atoms with Gasteiger partial charge in [-0.05, 0) is 79.2 Å². The number of fused-ring (bicyclic) bond motifs is 4. The molecular weight excluding hydrogens is 356 g/mol. The zero-order chi connectivity index (χ0) is 20.8. The second kappa shape index (κ2) is 7.45. The van der Waals surface area contributed by atoms with Gasteiger partial charge < -0.3 is 15.3 Å². The van der Waals surface area contributed by atoms with Crippen LogP contribution in [-0.4, -0.2) is 42.2 Å². The molecule has 3 heteroatoms. The highest BCUT2D eigenvalue weighted by Gasteiger charge is 2.49. The summed E-state index contributed by atoms with van der Waals surface area (Å²) in [5, 5.41) is 14.0. The van der Waals surface area contributed by atoms with Gasteiger partial charge in [0, 0.05) is 17.5 Å². The van der Waals surface area contributed by atoms with Gasteiger partial charge in [0.25, 0.3) is 0 Å². The van der Waals surface area contributed by atoms with Gasteiger partial charge in [-0.25, -0.2) is 0 Å². The molecule has 1 heterocycles. The van der Waals surface area contributed by atoms with Crippen LogP contribution < -0.4 is 5.32 Å². The number of piperidine rings is 1. The summed E-state index contributed by atoms with van der Waals surface area (Å²) in [6, 6.07) is 16.0. The maximum absolute atomic E-state index is 10.1. The van der Waals surface area contributed by atoms with E-state index in [-0.39, 0.29) is 10.8 Å². The number of likely N-dealkylation sites (tertiary alicyclic amines) is 1. The van der Waals surface area contributed by atoms with E-state index in [1.165, 1.54) is 22.3 Å². The molecule has 2 aromatic rings. The van der Waals surface area contributed by atoms with Crippen LogP contribution in [0.15, 0.2) is 42.5 Å². The number of aromatic hydroxyl groups is 1. The van der Waals surface area contributed by atoms with Crippen molar-refractivity contribution in [2.75, 3.05) is 20.1 Å². The summed E-state index contributed by atoms with van der Waals surface area (Å²) in [6.07, 6.45) is 3.22. The molecule has 156 valence electrons. The van der Waals surface area contributed by atoms with Gasteiger partial charge in [0.05, 0.1) is 0 Å². The predicted octanol–water partition coefficient (Wildman–Crippen LogP) is 4.41. The standard InChI is InChI=1S/C26H36N2O/c1-25(2,3)20-9-6-18(7-10-20)12-14-27-24-23-16-19-8-11-21(29)17-22(19)26(24,4)13-15-28(23)5/h6-11,17,23-24,27,29H,12-16H2,1-5H3/t23-,24-,26+/m1/s1. The molecule has 0 radical (unpaired) electrons. The van der Waals surface area contributed by atoms with E-state index in [1.54, 1.807) is 0 Å². The minimum Gasteiger partial charge on any atom is -0.508 e. The lowest BCUT2D eigenvalue weighted by Gasteiger charge is -2.55. The Kier molecular flexibility index (Phi) is 5.25. The van der Waals surface area contributed by atoms with Gasteiger partial charge in [0.15, 0.2) is 0 Å². The van der Waals surface area contributed by atoms with Crippen LogP contribution >= 0.6 is 0 Å². The SMILES string of the molecule is CN1CC[C@@]2(C)c3cc(O)ccc3C[C@@H]1[C@H]2NCCc1ccc(C(C)(C)C)cc1. The van der Waals surface area contributed by atoms with Crippen molar-refractivity contribution in [1.82, 2.24) is 10.2 Å². The number of nitrogens with one attached hydrogen (secondary N) is 1. The summed E-state index contributed by atoms with van der Waals surface area (Å²) in [7, 11) is 2.26. The van der Waals surface area contributed by atoms with Gasteiger partial charge in [-0.3, -0.25) is 0 Å². The summed E-state index contributed by atoms with van der Waals surface area (Å²) in [5.41, 5.74) is 5.80. The third-order valence-corrected chi connectivity index (χ3v) is 7.36. The molecule has 0 saturated carbocycles. The van der Waals surface area contributed by atoms with E-state index in [9.17, 15) is 5.11 Å². The highest BCUT2D eigenvalue weighted by atomic mass is 16.3. The summed E-state index contributed by atoms with van der Waals surface area (Å²) in [6.45, 7) is 11.3. The topological polar surface area (TPSA) is 35.5 Å². The lowest BCUT2D eigenvalue weighted by atomic mass is 9.61. The number of nitrogens with zero attached hydrogens (tertiary/aromatic N) is 1. The number of likely N-dealkylation sites (N-methyl/N-ethyl adjacent to an activating group) is 1. The largest absolute Gasteiger partial charge is 0.508 e. The van der Waals surface area contributed by atoms with E-state index >= 15 is 0 Å². The molecule has 3 nitrogen and oxygen atoms in total. The monoisotopic (exact) mass is 392 g/mol. The van der Waals surface area contributed by atoms with Crippen LogP contribution in [0.1, 0.15) is 56.4 Å². The minimum absolute atomic E-state index is 0.0690. The molecule has 1 saturated heterocycles. The van der Waals surface area contributed by atoms with Crippen LogP contribution in [0, 0.1) is 0 Å². The Morgan fingerprint density at radius 3 is 2.55 bits per heavy atom. The van der Waals surface area contributed by atoms with Crippen LogP contribution in [-0.2, 0) is 23.7 Å². The highest BCUT2D eigenvalue weighted by molar-refractivity contribution is 5.45. The summed E-state index contributed by atoms with van der Waals surface area (Å²) in [5.74, 6) is 0.389. The number of benzene rings is 2. The molecule has 1 aliphatic carbocycles. The van der Waals surface area contributed by atoms with Crippen molar-refractivity contribution in [3.8, 4) is 5.75 Å². The number of phenolic OH excluding ortho intramolecular Hbond substituents is 1. The molecular formula is C26H36N2O. The van der Waals surface area contributed by atoms with Gasteiger partial charge in [-0.15, -0.1) is 0 Å². The zero-order valence-electron chi connectivity index (χ0n) is 18.6. The van der Waals surface area contributed by atoms with E-state index in [2.05, 4.69) is 75.3 Å².